The predicted molar refractivity (Wildman–Crippen MR) is 123 cm³/mol. The van der Waals surface area contributed by atoms with E-state index >= 15 is 0 Å². The number of aryl methyl sites for hydroxylation is 1. The van der Waals surface area contributed by atoms with E-state index < -0.39 is 0 Å². The van der Waals surface area contributed by atoms with Crippen molar-refractivity contribution in [1.82, 2.24) is 20.4 Å². The molecule has 0 bridgehead atoms. The molecule has 2 heterocycles. The van der Waals surface area contributed by atoms with E-state index in [1.54, 1.807) is 7.11 Å². The van der Waals surface area contributed by atoms with Crippen LogP contribution in [0.15, 0.2) is 53.1 Å². The van der Waals surface area contributed by atoms with Gasteiger partial charge in [-0.2, -0.15) is 4.98 Å². The molecule has 1 aliphatic heterocycles. The highest BCUT2D eigenvalue weighted by Crippen LogP contribution is 2.29. The Morgan fingerprint density at radius 2 is 1.94 bits per heavy atom. The predicted octanol–water partition coefficient (Wildman–Crippen LogP) is 4.28. The number of nitrogens with one attached hydrogen (secondary N) is 1. The zero-order chi connectivity index (χ0) is 22.3. The van der Waals surface area contributed by atoms with E-state index in [0.29, 0.717) is 24.7 Å². The Hall–Kier alpha value is -2.90. The zero-order valence-corrected chi connectivity index (χ0v) is 18.8. The Balaban J connectivity index is 1.32. The number of methoxy groups -OCH3 is 1. The van der Waals surface area contributed by atoms with Gasteiger partial charge in [-0.15, -0.1) is 0 Å². The number of carbonyl (C=O) groups excluding carboxylic acids is 1. The van der Waals surface area contributed by atoms with E-state index in [2.05, 4.69) is 20.4 Å². The summed E-state index contributed by atoms with van der Waals surface area (Å²) in [5.74, 6) is 1.65. The van der Waals surface area contributed by atoms with Crippen molar-refractivity contribution in [3.63, 3.8) is 0 Å². The van der Waals surface area contributed by atoms with Crippen LogP contribution in [0.1, 0.15) is 36.8 Å². The van der Waals surface area contributed by atoms with Gasteiger partial charge in [0.05, 0.1) is 13.2 Å². The van der Waals surface area contributed by atoms with Crippen molar-refractivity contribution in [2.45, 2.75) is 31.7 Å². The number of rotatable bonds is 9. The number of ether oxygens (including phenoxy) is 1. The van der Waals surface area contributed by atoms with Crippen molar-refractivity contribution in [3.05, 3.63) is 65.0 Å². The van der Waals surface area contributed by atoms with Gasteiger partial charge >= 0.3 is 0 Å². The minimum atomic E-state index is -0.0505. The highest BCUT2D eigenvalue weighted by Gasteiger charge is 2.25. The van der Waals surface area contributed by atoms with Gasteiger partial charge in [0.15, 0.2) is 0 Å². The molecule has 2 aromatic carbocycles. The maximum absolute atomic E-state index is 12.5. The van der Waals surface area contributed by atoms with Crippen LogP contribution in [0.4, 0.5) is 0 Å². The molecule has 0 saturated carbocycles. The number of benzene rings is 2. The molecular formula is C24H27ClN4O3. The van der Waals surface area contributed by atoms with Crippen LogP contribution in [-0.2, 0) is 11.2 Å². The fourth-order valence-electron chi connectivity index (χ4n) is 3.97. The SMILES string of the molecule is COc1ccc(-c2noc(CCC(=O)NC[C@H](c3ccccc3Cl)N3CCCC3)n2)cc1. The van der Waals surface area contributed by atoms with Gasteiger partial charge in [0.1, 0.15) is 5.75 Å². The molecule has 32 heavy (non-hydrogen) atoms. The van der Waals surface area contributed by atoms with Gasteiger partial charge in [0, 0.05) is 30.0 Å². The fraction of sp³-hybridized carbons (Fsp3) is 0.375. The van der Waals surface area contributed by atoms with Gasteiger partial charge < -0.3 is 14.6 Å². The van der Waals surface area contributed by atoms with Crippen LogP contribution in [-0.4, -0.2) is 47.7 Å². The molecule has 1 aliphatic rings. The number of carbonyl (C=O) groups is 1. The Morgan fingerprint density at radius 3 is 2.66 bits per heavy atom. The van der Waals surface area contributed by atoms with Gasteiger partial charge in [-0.25, -0.2) is 0 Å². The molecule has 168 valence electrons. The molecule has 0 spiro atoms. The van der Waals surface area contributed by atoms with Crippen molar-refractivity contribution in [2.75, 3.05) is 26.7 Å². The summed E-state index contributed by atoms with van der Waals surface area (Å²) in [5, 5.41) is 7.81. The molecule has 1 saturated heterocycles. The van der Waals surface area contributed by atoms with E-state index in [-0.39, 0.29) is 18.4 Å². The monoisotopic (exact) mass is 454 g/mol. The molecule has 0 unspecified atom stereocenters. The number of hydrogen-bond acceptors (Lipinski definition) is 6. The highest BCUT2D eigenvalue weighted by molar-refractivity contribution is 6.31. The summed E-state index contributed by atoms with van der Waals surface area (Å²) >= 11 is 6.45. The molecule has 1 N–H and O–H groups in total. The lowest BCUT2D eigenvalue weighted by Gasteiger charge is -2.29. The lowest BCUT2D eigenvalue weighted by atomic mass is 10.1. The third-order valence-electron chi connectivity index (χ3n) is 5.72. The lowest BCUT2D eigenvalue weighted by molar-refractivity contribution is -0.121. The summed E-state index contributed by atoms with van der Waals surface area (Å²) in [6.07, 6.45) is 3.00. The first-order valence-corrected chi connectivity index (χ1v) is 11.2. The fourth-order valence-corrected chi connectivity index (χ4v) is 4.23. The van der Waals surface area contributed by atoms with Crippen molar-refractivity contribution >= 4 is 17.5 Å². The number of amides is 1. The van der Waals surface area contributed by atoms with Crippen molar-refractivity contribution in [3.8, 4) is 17.1 Å². The van der Waals surface area contributed by atoms with Crippen molar-refractivity contribution < 1.29 is 14.1 Å². The summed E-state index contributed by atoms with van der Waals surface area (Å²) in [6.45, 7) is 2.55. The average molecular weight is 455 g/mol. The van der Waals surface area contributed by atoms with Crippen LogP contribution in [0.3, 0.4) is 0 Å². The Bertz CT molecular complexity index is 1030. The highest BCUT2D eigenvalue weighted by atomic mass is 35.5. The van der Waals surface area contributed by atoms with E-state index in [0.717, 1.165) is 35.0 Å². The van der Waals surface area contributed by atoms with E-state index in [9.17, 15) is 4.79 Å². The van der Waals surface area contributed by atoms with Crippen LogP contribution >= 0.6 is 11.6 Å². The van der Waals surface area contributed by atoms with E-state index in [4.69, 9.17) is 20.9 Å². The molecule has 1 fully saturated rings. The van der Waals surface area contributed by atoms with Crippen LogP contribution < -0.4 is 10.1 Å². The lowest BCUT2D eigenvalue weighted by Crippen LogP contribution is -2.37. The zero-order valence-electron chi connectivity index (χ0n) is 18.1. The van der Waals surface area contributed by atoms with Crippen LogP contribution in [0, 0.1) is 0 Å². The quantitative estimate of drug-likeness (QED) is 0.519. The first kappa shape index (κ1) is 22.3. The Morgan fingerprint density at radius 1 is 1.19 bits per heavy atom. The molecule has 3 aromatic rings. The standard InChI is InChI=1S/C24H27ClN4O3/c1-31-18-10-8-17(9-11-18)24-27-23(32-28-24)13-12-22(30)26-16-21(29-14-4-5-15-29)19-6-2-3-7-20(19)25/h2-3,6-11,21H,4-5,12-16H2,1H3,(H,26,30)/t21-/m1/s1. The molecule has 1 atom stereocenters. The van der Waals surface area contributed by atoms with Gasteiger partial charge in [-0.3, -0.25) is 9.69 Å². The molecule has 0 radical (unpaired) electrons. The summed E-state index contributed by atoms with van der Waals surface area (Å²) in [4.78, 5) is 19.3. The topological polar surface area (TPSA) is 80.5 Å². The molecular weight excluding hydrogens is 428 g/mol. The molecule has 1 aromatic heterocycles. The summed E-state index contributed by atoms with van der Waals surface area (Å²) in [7, 11) is 1.62. The second-order valence-electron chi connectivity index (χ2n) is 7.82. The normalized spacial score (nSPS) is 14.9. The maximum atomic E-state index is 12.5. The van der Waals surface area contributed by atoms with Gasteiger partial charge in [-0.05, 0) is 61.8 Å². The van der Waals surface area contributed by atoms with Crippen LogP contribution in [0.5, 0.6) is 5.75 Å². The third kappa shape index (κ3) is 5.47. The summed E-state index contributed by atoms with van der Waals surface area (Å²) in [5.41, 5.74) is 1.89. The Labute approximate surface area is 192 Å². The first-order valence-electron chi connectivity index (χ1n) is 10.9. The first-order chi connectivity index (χ1) is 15.6. The third-order valence-corrected chi connectivity index (χ3v) is 6.06. The van der Waals surface area contributed by atoms with Gasteiger partial charge in [-0.1, -0.05) is 35.0 Å². The number of likely N-dealkylation sites (tertiary alicyclic amines) is 1. The number of hydrogen-bond donors (Lipinski definition) is 1. The number of halogens is 1. The van der Waals surface area contributed by atoms with E-state index in [1.807, 2.05) is 48.5 Å². The molecule has 1 amide bonds. The van der Waals surface area contributed by atoms with Crippen LogP contribution in [0.2, 0.25) is 5.02 Å². The second kappa shape index (κ2) is 10.6. The largest absolute Gasteiger partial charge is 0.497 e. The molecule has 8 heteroatoms. The molecule has 4 rings (SSSR count). The Kier molecular flexibility index (Phi) is 7.39. The molecule has 0 aliphatic carbocycles. The molecule has 7 nitrogen and oxygen atoms in total. The average Bonchev–Trinajstić information content (AvgIpc) is 3.52. The minimum absolute atomic E-state index is 0.0505. The van der Waals surface area contributed by atoms with Gasteiger partial charge in [0.25, 0.3) is 0 Å². The number of nitrogens with zero attached hydrogens (tertiary/aromatic N) is 3. The second-order valence-corrected chi connectivity index (χ2v) is 8.23. The summed E-state index contributed by atoms with van der Waals surface area (Å²) < 4.78 is 10.5. The maximum Gasteiger partial charge on any atom is 0.227 e. The smallest absolute Gasteiger partial charge is 0.227 e. The number of aromatic nitrogens is 2. The van der Waals surface area contributed by atoms with E-state index in [1.165, 1.54) is 12.8 Å². The summed E-state index contributed by atoms with van der Waals surface area (Å²) in [6, 6.07) is 15.3. The van der Waals surface area contributed by atoms with Crippen molar-refractivity contribution in [2.24, 2.45) is 0 Å². The van der Waals surface area contributed by atoms with Crippen molar-refractivity contribution in [1.29, 1.82) is 0 Å². The minimum Gasteiger partial charge on any atom is -0.497 e. The van der Waals surface area contributed by atoms with Gasteiger partial charge in [0.2, 0.25) is 17.6 Å². The van der Waals surface area contributed by atoms with Crippen LogP contribution in [0.25, 0.3) is 11.4 Å².